The molecule has 1 aromatic carbocycles. The van der Waals surface area contributed by atoms with Gasteiger partial charge in [-0.25, -0.2) is 24.9 Å². The van der Waals surface area contributed by atoms with Crippen molar-refractivity contribution in [3.8, 4) is 22.6 Å². The van der Waals surface area contributed by atoms with Gasteiger partial charge in [-0.2, -0.15) is 0 Å². The summed E-state index contributed by atoms with van der Waals surface area (Å²) in [6.07, 6.45) is 6.99. The molecule has 1 spiro atoms. The number of fused-ring (bicyclic) bond motifs is 3. The molecule has 34 heavy (non-hydrogen) atoms. The lowest BCUT2D eigenvalue weighted by Crippen LogP contribution is -2.46. The molecule has 4 aromatic rings. The van der Waals surface area contributed by atoms with E-state index in [1.807, 2.05) is 19.1 Å². The molecule has 5 heterocycles. The number of amides is 1. The zero-order valence-electron chi connectivity index (χ0n) is 19.5. The van der Waals surface area contributed by atoms with Crippen LogP contribution in [0.1, 0.15) is 38.1 Å². The number of benzene rings is 1. The zero-order chi connectivity index (χ0) is 23.4. The van der Waals surface area contributed by atoms with E-state index < -0.39 is 5.54 Å². The Kier molecular flexibility index (Phi) is 4.70. The molecule has 2 aliphatic rings. The number of carbonyl (C=O) groups is 1. The first-order valence-corrected chi connectivity index (χ1v) is 11.8. The third-order valence-electron chi connectivity index (χ3n) is 7.14. The van der Waals surface area contributed by atoms with Crippen molar-refractivity contribution in [1.82, 2.24) is 34.4 Å². The van der Waals surface area contributed by atoms with E-state index in [2.05, 4.69) is 54.6 Å². The molecule has 1 fully saturated rings. The highest BCUT2D eigenvalue weighted by Gasteiger charge is 2.53. The minimum absolute atomic E-state index is 0.0729. The highest BCUT2D eigenvalue weighted by atomic mass is 16.2. The molecule has 9 heteroatoms. The average Bonchev–Trinajstić information content (AvgIpc) is 3.53. The van der Waals surface area contributed by atoms with Crippen LogP contribution in [0.4, 0.5) is 5.69 Å². The van der Waals surface area contributed by atoms with Gasteiger partial charge < -0.3 is 9.88 Å². The summed E-state index contributed by atoms with van der Waals surface area (Å²) in [4.78, 5) is 38.3. The Bertz CT molecular complexity index is 1430. The molecule has 0 saturated carbocycles. The summed E-state index contributed by atoms with van der Waals surface area (Å²) < 4.78 is 2.06. The number of hydrogen-bond acceptors (Lipinski definition) is 7. The van der Waals surface area contributed by atoms with Gasteiger partial charge in [-0.15, -0.1) is 0 Å². The van der Waals surface area contributed by atoms with Crippen LogP contribution < -0.4 is 5.32 Å². The third kappa shape index (κ3) is 2.83. The van der Waals surface area contributed by atoms with Crippen LogP contribution in [-0.2, 0) is 16.9 Å². The van der Waals surface area contributed by atoms with Gasteiger partial charge >= 0.3 is 0 Å². The van der Waals surface area contributed by atoms with Gasteiger partial charge in [0.05, 0.1) is 5.56 Å². The minimum atomic E-state index is -0.598. The lowest BCUT2D eigenvalue weighted by molar-refractivity contribution is -0.126. The summed E-state index contributed by atoms with van der Waals surface area (Å²) >= 11 is 0. The fraction of sp³-hybridized carbons (Fsp3) is 0.360. The first kappa shape index (κ1) is 20.9. The van der Waals surface area contributed by atoms with Gasteiger partial charge in [0.1, 0.15) is 34.7 Å². The first-order valence-electron chi connectivity index (χ1n) is 11.8. The van der Waals surface area contributed by atoms with E-state index in [1.165, 1.54) is 0 Å². The van der Waals surface area contributed by atoms with Crippen molar-refractivity contribution in [2.75, 3.05) is 18.4 Å². The number of carbonyl (C=O) groups excluding carboxylic acids is 1. The van der Waals surface area contributed by atoms with E-state index in [4.69, 9.17) is 4.98 Å². The van der Waals surface area contributed by atoms with Gasteiger partial charge in [-0.3, -0.25) is 9.69 Å². The Balaban J connectivity index is 1.53. The zero-order valence-corrected chi connectivity index (χ0v) is 19.5. The van der Waals surface area contributed by atoms with Gasteiger partial charge in [0.25, 0.3) is 0 Å². The van der Waals surface area contributed by atoms with Crippen LogP contribution >= 0.6 is 0 Å². The fourth-order valence-electron chi connectivity index (χ4n) is 5.53. The van der Waals surface area contributed by atoms with E-state index in [0.29, 0.717) is 12.4 Å². The fourth-order valence-corrected chi connectivity index (χ4v) is 5.53. The molecule has 2 aliphatic heterocycles. The second-order valence-corrected chi connectivity index (χ2v) is 8.85. The van der Waals surface area contributed by atoms with E-state index in [1.54, 1.807) is 18.7 Å². The van der Waals surface area contributed by atoms with Gasteiger partial charge in [0.2, 0.25) is 5.91 Å². The lowest BCUT2D eigenvalue weighted by Gasteiger charge is -2.32. The van der Waals surface area contributed by atoms with Gasteiger partial charge in [-0.1, -0.05) is 13.0 Å². The van der Waals surface area contributed by atoms with Crippen LogP contribution in [0.3, 0.4) is 0 Å². The molecule has 1 amide bonds. The Morgan fingerprint density at radius 2 is 1.88 bits per heavy atom. The Hall–Kier alpha value is -3.72. The summed E-state index contributed by atoms with van der Waals surface area (Å²) in [5, 5.41) is 3.11. The summed E-state index contributed by atoms with van der Waals surface area (Å²) in [5.41, 5.74) is 5.33. The number of anilines is 1. The van der Waals surface area contributed by atoms with Crippen molar-refractivity contribution < 1.29 is 4.79 Å². The molecule has 172 valence electrons. The molecule has 9 nitrogen and oxygen atoms in total. The monoisotopic (exact) mass is 454 g/mol. The number of likely N-dealkylation sites (tertiary alicyclic amines) is 1. The molecule has 6 rings (SSSR count). The topological polar surface area (TPSA) is 102 Å². The highest BCUT2D eigenvalue weighted by Crippen LogP contribution is 2.48. The number of aromatic nitrogens is 6. The van der Waals surface area contributed by atoms with E-state index in [-0.39, 0.29) is 5.91 Å². The number of nitrogens with zero attached hydrogens (tertiary/aromatic N) is 7. The molecule has 0 aliphatic carbocycles. The molecule has 0 unspecified atom stereocenters. The summed E-state index contributed by atoms with van der Waals surface area (Å²) in [5.74, 6) is 1.55. The predicted octanol–water partition coefficient (Wildman–Crippen LogP) is 3.54. The van der Waals surface area contributed by atoms with Gasteiger partial charge in [-0.05, 0) is 51.9 Å². The van der Waals surface area contributed by atoms with E-state index >= 15 is 0 Å². The molecule has 3 aromatic heterocycles. The van der Waals surface area contributed by atoms with Crippen molar-refractivity contribution in [2.45, 2.75) is 45.7 Å². The standard InChI is InChI=1S/C25H26N8O/c1-4-32-10-6-9-25(32)18-11-16(7-8-19(18)30-24(25)34)20-21-23(29-14-28-20)33(5-2)22(31-21)17-12-26-15(3)27-13-17/h7-8,11-14H,4-6,9-10H2,1-3H3,(H,30,34)/t25-/m1/s1. The first-order chi connectivity index (χ1) is 16.6. The summed E-state index contributed by atoms with van der Waals surface area (Å²) in [6, 6.07) is 6.11. The maximum absolute atomic E-state index is 13.1. The highest BCUT2D eigenvalue weighted by molar-refractivity contribution is 6.07. The summed E-state index contributed by atoms with van der Waals surface area (Å²) in [7, 11) is 0. The smallest absolute Gasteiger partial charge is 0.249 e. The van der Waals surface area contributed by atoms with Crippen molar-refractivity contribution in [2.24, 2.45) is 0 Å². The predicted molar refractivity (Wildman–Crippen MR) is 129 cm³/mol. The number of hydrogen-bond donors (Lipinski definition) is 1. The Morgan fingerprint density at radius 3 is 2.65 bits per heavy atom. The third-order valence-corrected chi connectivity index (χ3v) is 7.14. The van der Waals surface area contributed by atoms with Gasteiger partial charge in [0.15, 0.2) is 5.65 Å². The Labute approximate surface area is 197 Å². The van der Waals surface area contributed by atoms with Crippen molar-refractivity contribution in [3.63, 3.8) is 0 Å². The Morgan fingerprint density at radius 1 is 1.06 bits per heavy atom. The quantitative estimate of drug-likeness (QED) is 0.503. The molecule has 0 radical (unpaired) electrons. The molecular weight excluding hydrogens is 428 g/mol. The lowest BCUT2D eigenvalue weighted by atomic mass is 9.87. The molecule has 1 atom stereocenters. The number of nitrogens with one attached hydrogen (secondary N) is 1. The molecule has 1 saturated heterocycles. The van der Waals surface area contributed by atoms with Crippen LogP contribution in [0.25, 0.3) is 33.8 Å². The number of likely N-dealkylation sites (N-methyl/N-ethyl adjacent to an activating group) is 1. The van der Waals surface area contributed by atoms with Crippen LogP contribution in [-0.4, -0.2) is 53.4 Å². The number of aryl methyl sites for hydroxylation is 2. The van der Waals surface area contributed by atoms with Crippen molar-refractivity contribution in [3.05, 3.63) is 48.3 Å². The van der Waals surface area contributed by atoms with Crippen molar-refractivity contribution >= 4 is 22.8 Å². The second-order valence-electron chi connectivity index (χ2n) is 8.85. The maximum Gasteiger partial charge on any atom is 0.249 e. The largest absolute Gasteiger partial charge is 0.324 e. The van der Waals surface area contributed by atoms with Crippen LogP contribution in [0.15, 0.2) is 36.9 Å². The summed E-state index contributed by atoms with van der Waals surface area (Å²) in [6.45, 7) is 8.50. The maximum atomic E-state index is 13.1. The van der Waals surface area contributed by atoms with Crippen LogP contribution in [0.5, 0.6) is 0 Å². The second kappa shape index (κ2) is 7.66. The van der Waals surface area contributed by atoms with Crippen LogP contribution in [0, 0.1) is 6.92 Å². The number of imidazole rings is 1. The normalized spacial score (nSPS) is 19.8. The van der Waals surface area contributed by atoms with Crippen molar-refractivity contribution in [1.29, 1.82) is 0 Å². The van der Waals surface area contributed by atoms with E-state index in [0.717, 1.165) is 71.0 Å². The average molecular weight is 455 g/mol. The molecular formula is C25H26N8O. The minimum Gasteiger partial charge on any atom is -0.324 e. The molecule has 0 bridgehead atoms. The van der Waals surface area contributed by atoms with E-state index in [9.17, 15) is 4.79 Å². The number of rotatable bonds is 4. The molecule has 1 N–H and O–H groups in total. The van der Waals surface area contributed by atoms with Gasteiger partial charge in [0, 0.05) is 35.8 Å². The van der Waals surface area contributed by atoms with Crippen LogP contribution in [0.2, 0.25) is 0 Å². The SMILES string of the molecule is CCN1CCC[C@@]12C(=O)Nc1ccc(-c3ncnc4c3nc(-c3cnc(C)nc3)n4CC)cc12.